The molecule has 0 aromatic heterocycles. The first kappa shape index (κ1) is 23.6. The Hall–Kier alpha value is -3.52. The third-order valence-electron chi connectivity index (χ3n) is 6.35. The third kappa shape index (κ3) is 4.33. The van der Waals surface area contributed by atoms with Crippen molar-refractivity contribution in [2.75, 3.05) is 46.4 Å². The second kappa shape index (κ2) is 9.77. The van der Waals surface area contributed by atoms with Gasteiger partial charge in [0.1, 0.15) is 17.3 Å². The predicted octanol–water partition coefficient (Wildman–Crippen LogP) is 3.37. The van der Waals surface area contributed by atoms with Gasteiger partial charge in [-0.15, -0.1) is 0 Å². The van der Waals surface area contributed by atoms with Gasteiger partial charge in [-0.1, -0.05) is 12.1 Å². The largest absolute Gasteiger partial charge is 0.507 e. The second-order valence-corrected chi connectivity index (χ2v) is 8.64. The summed E-state index contributed by atoms with van der Waals surface area (Å²) in [7, 11) is 6.88. The van der Waals surface area contributed by atoms with Crippen molar-refractivity contribution in [1.82, 2.24) is 4.90 Å². The van der Waals surface area contributed by atoms with Crippen molar-refractivity contribution in [3.05, 3.63) is 59.2 Å². The van der Waals surface area contributed by atoms with Gasteiger partial charge in [0.15, 0.2) is 0 Å². The molecule has 0 bridgehead atoms. The lowest BCUT2D eigenvalue weighted by molar-refractivity contribution is -0.140. The van der Waals surface area contributed by atoms with E-state index in [2.05, 4.69) is 0 Å². The number of amides is 1. The average Bonchev–Trinajstić information content (AvgIpc) is 3.45. The molecule has 2 aliphatic rings. The minimum Gasteiger partial charge on any atom is -0.507 e. The van der Waals surface area contributed by atoms with Gasteiger partial charge in [0, 0.05) is 39.0 Å². The lowest BCUT2D eigenvalue weighted by Gasteiger charge is -2.28. The zero-order valence-electron chi connectivity index (χ0n) is 19.9. The summed E-state index contributed by atoms with van der Waals surface area (Å²) < 4.78 is 16.4. The van der Waals surface area contributed by atoms with Crippen molar-refractivity contribution in [2.45, 2.75) is 25.0 Å². The van der Waals surface area contributed by atoms with Gasteiger partial charge < -0.3 is 29.1 Å². The highest BCUT2D eigenvalue weighted by Gasteiger charge is 2.47. The van der Waals surface area contributed by atoms with Gasteiger partial charge in [-0.3, -0.25) is 9.59 Å². The number of benzene rings is 2. The number of hydrogen-bond acceptors (Lipinski definition) is 7. The summed E-state index contributed by atoms with van der Waals surface area (Å²) in [5, 5.41) is 11.4. The van der Waals surface area contributed by atoms with Gasteiger partial charge in [-0.05, 0) is 42.7 Å². The van der Waals surface area contributed by atoms with Crippen LogP contribution in [0.4, 0.5) is 5.69 Å². The van der Waals surface area contributed by atoms with Crippen molar-refractivity contribution in [2.24, 2.45) is 0 Å². The Kier molecular flexibility index (Phi) is 6.79. The number of methoxy groups -OCH3 is 2. The molecule has 0 radical (unpaired) electrons. The maximum Gasteiger partial charge on any atom is 0.295 e. The molecule has 1 N–H and O–H groups in total. The summed E-state index contributed by atoms with van der Waals surface area (Å²) in [5.41, 5.74) is 2.06. The van der Waals surface area contributed by atoms with Crippen molar-refractivity contribution >= 4 is 23.1 Å². The number of carbonyl (C=O) groups excluding carboxylic acids is 2. The first-order chi connectivity index (χ1) is 16.3. The molecule has 0 spiro atoms. The fourth-order valence-corrected chi connectivity index (χ4v) is 4.52. The average molecular weight is 467 g/mol. The standard InChI is InChI=1S/C26H30N2O6/c1-27(2)17-9-7-16(8-10-17)23-22(24(29)20-12-11-18(32-3)14-21(20)33-4)25(30)26(31)28(23)15-19-6-5-13-34-19/h7-12,14,19,23,29H,5-6,13,15H2,1-4H3/b24-22-. The maximum absolute atomic E-state index is 13.3. The smallest absolute Gasteiger partial charge is 0.295 e. The minimum atomic E-state index is -0.743. The van der Waals surface area contributed by atoms with E-state index < -0.39 is 17.7 Å². The second-order valence-electron chi connectivity index (χ2n) is 8.64. The summed E-state index contributed by atoms with van der Waals surface area (Å²) in [5.74, 6) is -0.775. The summed E-state index contributed by atoms with van der Waals surface area (Å²) >= 11 is 0. The molecule has 4 rings (SSSR count). The van der Waals surface area contributed by atoms with Gasteiger partial charge >= 0.3 is 0 Å². The SMILES string of the molecule is COc1ccc(/C(O)=C2/C(=O)C(=O)N(CC3CCCO3)C2c2ccc(N(C)C)cc2)c(OC)c1. The Labute approximate surface area is 199 Å². The quantitative estimate of drug-likeness (QED) is 0.380. The Morgan fingerprint density at radius 3 is 2.44 bits per heavy atom. The summed E-state index contributed by atoms with van der Waals surface area (Å²) in [6.07, 6.45) is 1.60. The van der Waals surface area contributed by atoms with E-state index in [0.717, 1.165) is 24.1 Å². The molecule has 8 nitrogen and oxygen atoms in total. The number of Topliss-reactive ketones (excluding diaryl/α,β-unsaturated/α-hetero) is 1. The number of aliphatic hydroxyl groups is 1. The van der Waals surface area contributed by atoms with Crippen LogP contribution in [-0.4, -0.2) is 69.3 Å². The molecule has 8 heteroatoms. The number of likely N-dealkylation sites (tertiary alicyclic amines) is 1. The number of anilines is 1. The Morgan fingerprint density at radius 1 is 1.12 bits per heavy atom. The third-order valence-corrected chi connectivity index (χ3v) is 6.35. The van der Waals surface area contributed by atoms with Crippen LogP contribution in [0.25, 0.3) is 5.76 Å². The maximum atomic E-state index is 13.3. The lowest BCUT2D eigenvalue weighted by Crippen LogP contribution is -2.36. The van der Waals surface area contributed by atoms with Gasteiger partial charge in [0.05, 0.1) is 37.5 Å². The molecular formula is C26H30N2O6. The topological polar surface area (TPSA) is 88.5 Å². The van der Waals surface area contributed by atoms with Crippen LogP contribution in [0.5, 0.6) is 11.5 Å². The molecule has 180 valence electrons. The molecule has 1 amide bonds. The zero-order chi connectivity index (χ0) is 24.4. The number of hydrogen-bond donors (Lipinski definition) is 1. The molecule has 2 atom stereocenters. The number of ketones is 1. The van der Waals surface area contributed by atoms with Crippen molar-refractivity contribution in [3.63, 3.8) is 0 Å². The van der Waals surface area contributed by atoms with Crippen molar-refractivity contribution in [1.29, 1.82) is 0 Å². The van der Waals surface area contributed by atoms with Gasteiger partial charge in [0.25, 0.3) is 11.7 Å². The molecule has 2 aliphatic heterocycles. The molecule has 2 aromatic carbocycles. The van der Waals surface area contributed by atoms with E-state index in [1.807, 2.05) is 43.3 Å². The van der Waals surface area contributed by atoms with E-state index >= 15 is 0 Å². The number of carbonyl (C=O) groups is 2. The Balaban J connectivity index is 1.84. The number of aliphatic hydroxyl groups excluding tert-OH is 1. The summed E-state index contributed by atoms with van der Waals surface area (Å²) in [4.78, 5) is 29.9. The molecule has 2 fully saturated rings. The van der Waals surface area contributed by atoms with Crippen LogP contribution in [0.1, 0.15) is 30.0 Å². The molecule has 0 aliphatic carbocycles. The van der Waals surface area contributed by atoms with Crippen LogP contribution in [-0.2, 0) is 14.3 Å². The lowest BCUT2D eigenvalue weighted by atomic mass is 9.94. The van der Waals surface area contributed by atoms with Crippen molar-refractivity contribution in [3.8, 4) is 11.5 Å². The van der Waals surface area contributed by atoms with E-state index in [9.17, 15) is 14.7 Å². The van der Waals surface area contributed by atoms with E-state index in [-0.39, 0.29) is 24.0 Å². The molecule has 34 heavy (non-hydrogen) atoms. The van der Waals surface area contributed by atoms with Crippen LogP contribution >= 0.6 is 0 Å². The highest BCUT2D eigenvalue weighted by atomic mass is 16.5. The minimum absolute atomic E-state index is 0.0315. The van der Waals surface area contributed by atoms with Gasteiger partial charge in [-0.2, -0.15) is 0 Å². The molecule has 2 saturated heterocycles. The normalized spacial score (nSPS) is 21.7. The summed E-state index contributed by atoms with van der Waals surface area (Å²) in [6.45, 7) is 0.918. The van der Waals surface area contributed by atoms with Crippen LogP contribution in [0.3, 0.4) is 0 Å². The van der Waals surface area contributed by atoms with Crippen LogP contribution < -0.4 is 14.4 Å². The molecule has 2 heterocycles. The Morgan fingerprint density at radius 2 is 1.85 bits per heavy atom. The number of ether oxygens (including phenoxy) is 3. The van der Waals surface area contributed by atoms with E-state index in [0.29, 0.717) is 23.7 Å². The number of rotatable bonds is 7. The first-order valence-electron chi connectivity index (χ1n) is 11.3. The molecule has 0 saturated carbocycles. The van der Waals surface area contributed by atoms with Crippen LogP contribution in [0.2, 0.25) is 0 Å². The van der Waals surface area contributed by atoms with E-state index in [1.54, 1.807) is 18.2 Å². The summed E-state index contributed by atoms with van der Waals surface area (Å²) in [6, 6.07) is 11.8. The van der Waals surface area contributed by atoms with Crippen molar-refractivity contribution < 1.29 is 28.9 Å². The number of nitrogens with zero attached hydrogens (tertiary/aromatic N) is 2. The van der Waals surface area contributed by atoms with E-state index in [4.69, 9.17) is 14.2 Å². The van der Waals surface area contributed by atoms with E-state index in [1.165, 1.54) is 19.1 Å². The predicted molar refractivity (Wildman–Crippen MR) is 128 cm³/mol. The fraction of sp³-hybridized carbons (Fsp3) is 0.385. The monoisotopic (exact) mass is 466 g/mol. The van der Waals surface area contributed by atoms with Crippen LogP contribution in [0.15, 0.2) is 48.0 Å². The van der Waals surface area contributed by atoms with Gasteiger partial charge in [-0.25, -0.2) is 0 Å². The highest BCUT2D eigenvalue weighted by Crippen LogP contribution is 2.42. The molecular weight excluding hydrogens is 436 g/mol. The zero-order valence-corrected chi connectivity index (χ0v) is 19.9. The fourth-order valence-electron chi connectivity index (χ4n) is 4.52. The Bertz CT molecular complexity index is 1100. The van der Waals surface area contributed by atoms with Gasteiger partial charge in [0.2, 0.25) is 0 Å². The molecule has 2 aromatic rings. The first-order valence-corrected chi connectivity index (χ1v) is 11.3. The molecule has 2 unspecified atom stereocenters. The van der Waals surface area contributed by atoms with Crippen LogP contribution in [0, 0.1) is 0 Å². The highest BCUT2D eigenvalue weighted by molar-refractivity contribution is 6.46.